The molecule has 3 rings (SSSR count). The summed E-state index contributed by atoms with van der Waals surface area (Å²) in [4.78, 5) is 0. The van der Waals surface area contributed by atoms with E-state index in [4.69, 9.17) is 9.47 Å². The van der Waals surface area contributed by atoms with E-state index in [1.807, 2.05) is 13.8 Å². The third-order valence-electron chi connectivity index (χ3n) is 7.78. The summed E-state index contributed by atoms with van der Waals surface area (Å²) in [6.07, 6.45) is 20.0. The third kappa shape index (κ3) is 8.34. The fraction of sp³-hybridized carbons (Fsp3) is 1.00. The topological polar surface area (TPSA) is 21.8 Å². The van der Waals surface area contributed by atoms with Gasteiger partial charge in [-0.25, -0.2) is 0 Å². The molecule has 3 aliphatic rings. The summed E-state index contributed by atoms with van der Waals surface area (Å²) in [5, 5.41) is 0. The predicted molar refractivity (Wildman–Crippen MR) is 121 cm³/mol. The van der Waals surface area contributed by atoms with Gasteiger partial charge in [-0.1, -0.05) is 79.1 Å². The van der Waals surface area contributed by atoms with Crippen molar-refractivity contribution in [3.05, 3.63) is 0 Å². The van der Waals surface area contributed by atoms with Crippen molar-refractivity contribution in [2.75, 3.05) is 6.61 Å². The molecule has 166 valence electrons. The van der Waals surface area contributed by atoms with E-state index >= 15 is 0 Å². The molecule has 7 unspecified atom stereocenters. The van der Waals surface area contributed by atoms with Crippen molar-refractivity contribution in [3.8, 4) is 0 Å². The minimum atomic E-state index is 0.502. The first-order chi connectivity index (χ1) is 13.7. The Bertz CT molecular complexity index is 396. The molecule has 0 aromatic rings. The van der Waals surface area contributed by atoms with E-state index < -0.39 is 0 Å². The first-order valence-electron chi connectivity index (χ1n) is 12.9. The monoisotopic (exact) mass is 394 g/mol. The van der Waals surface area contributed by atoms with Crippen LogP contribution in [0.2, 0.25) is 0 Å². The molecule has 2 nitrogen and oxygen atoms in total. The van der Waals surface area contributed by atoms with Gasteiger partial charge in [-0.05, 0) is 62.7 Å². The summed E-state index contributed by atoms with van der Waals surface area (Å²) in [5.74, 6) is 3.75. The summed E-state index contributed by atoms with van der Waals surface area (Å²) >= 11 is 0. The molecule has 0 spiro atoms. The normalized spacial score (nSPS) is 34.0. The average Bonchev–Trinajstić information content (AvgIpc) is 3.50. The Morgan fingerprint density at radius 3 is 2.43 bits per heavy atom. The molecule has 0 aromatic carbocycles. The Labute approximate surface area is 176 Å². The van der Waals surface area contributed by atoms with Crippen LogP contribution in [0.4, 0.5) is 0 Å². The molecule has 1 aliphatic carbocycles. The molecular weight excluding hydrogens is 344 g/mol. The van der Waals surface area contributed by atoms with Gasteiger partial charge < -0.3 is 9.47 Å². The zero-order chi connectivity index (χ0) is 20.4. The van der Waals surface area contributed by atoms with Crippen molar-refractivity contribution < 1.29 is 9.47 Å². The zero-order valence-corrected chi connectivity index (χ0v) is 19.8. The van der Waals surface area contributed by atoms with Crippen LogP contribution in [0.5, 0.6) is 0 Å². The molecule has 2 heterocycles. The Hall–Kier alpha value is -0.0800. The number of epoxide rings is 1. The summed E-state index contributed by atoms with van der Waals surface area (Å²) in [7, 11) is 0. The lowest BCUT2D eigenvalue weighted by Crippen LogP contribution is -2.22. The molecule has 2 heteroatoms. The molecule has 2 saturated heterocycles. The van der Waals surface area contributed by atoms with Crippen molar-refractivity contribution in [3.63, 3.8) is 0 Å². The number of ether oxygens (including phenoxy) is 2. The lowest BCUT2D eigenvalue weighted by atomic mass is 9.77. The first kappa shape index (κ1) is 24.2. The summed E-state index contributed by atoms with van der Waals surface area (Å²) in [6.45, 7) is 12.1. The van der Waals surface area contributed by atoms with Crippen LogP contribution in [0.1, 0.15) is 118 Å². The van der Waals surface area contributed by atoms with E-state index in [9.17, 15) is 0 Å². The second-order valence-electron chi connectivity index (χ2n) is 9.82. The standard InChI is InChI=1S/C24H44O2.C2H6/c1-4-20(8-6-5-7-9-21-14-15-25-19(3)16-21)11-10-18(2)22-12-13-23-24(17-22)26-23;1-2/h18-24H,4-17H2,1-3H3;1-2H3. The lowest BCUT2D eigenvalue weighted by Gasteiger charge is -2.27. The molecule has 2 aliphatic heterocycles. The van der Waals surface area contributed by atoms with Crippen LogP contribution in [0.25, 0.3) is 0 Å². The van der Waals surface area contributed by atoms with Gasteiger partial charge in [0.05, 0.1) is 18.3 Å². The molecule has 0 amide bonds. The fourth-order valence-corrected chi connectivity index (χ4v) is 5.63. The minimum Gasteiger partial charge on any atom is -0.378 e. The largest absolute Gasteiger partial charge is 0.378 e. The van der Waals surface area contributed by atoms with Crippen molar-refractivity contribution in [2.24, 2.45) is 23.7 Å². The van der Waals surface area contributed by atoms with E-state index in [2.05, 4.69) is 20.8 Å². The second-order valence-corrected chi connectivity index (χ2v) is 9.82. The fourth-order valence-electron chi connectivity index (χ4n) is 5.63. The number of fused-ring (bicyclic) bond motifs is 1. The average molecular weight is 395 g/mol. The van der Waals surface area contributed by atoms with Gasteiger partial charge in [-0.3, -0.25) is 0 Å². The van der Waals surface area contributed by atoms with Crippen molar-refractivity contribution >= 4 is 0 Å². The van der Waals surface area contributed by atoms with Gasteiger partial charge in [0.2, 0.25) is 0 Å². The maximum Gasteiger partial charge on any atom is 0.0844 e. The van der Waals surface area contributed by atoms with Crippen LogP contribution in [0, 0.1) is 23.7 Å². The molecule has 3 fully saturated rings. The molecule has 0 radical (unpaired) electrons. The van der Waals surface area contributed by atoms with Crippen LogP contribution in [0.15, 0.2) is 0 Å². The lowest BCUT2D eigenvalue weighted by molar-refractivity contribution is 0.000349. The van der Waals surface area contributed by atoms with E-state index in [0.29, 0.717) is 18.3 Å². The maximum absolute atomic E-state index is 5.72. The molecule has 0 N–H and O–H groups in total. The van der Waals surface area contributed by atoms with Crippen molar-refractivity contribution in [1.82, 2.24) is 0 Å². The van der Waals surface area contributed by atoms with Gasteiger partial charge in [0.25, 0.3) is 0 Å². The second kappa shape index (κ2) is 13.3. The Balaban J connectivity index is 0.00000136. The molecule has 1 saturated carbocycles. The van der Waals surface area contributed by atoms with Gasteiger partial charge in [0.1, 0.15) is 0 Å². The van der Waals surface area contributed by atoms with E-state index in [1.165, 1.54) is 83.5 Å². The highest BCUT2D eigenvalue weighted by Gasteiger charge is 2.44. The quantitative estimate of drug-likeness (QED) is 0.263. The van der Waals surface area contributed by atoms with Gasteiger partial charge in [-0.2, -0.15) is 0 Å². The van der Waals surface area contributed by atoms with E-state index in [1.54, 1.807) is 0 Å². The Morgan fingerprint density at radius 1 is 0.893 bits per heavy atom. The van der Waals surface area contributed by atoms with Gasteiger partial charge in [0, 0.05) is 6.61 Å². The molecular formula is C26H50O2. The highest BCUT2D eigenvalue weighted by atomic mass is 16.6. The van der Waals surface area contributed by atoms with Crippen molar-refractivity contribution in [1.29, 1.82) is 0 Å². The van der Waals surface area contributed by atoms with Crippen LogP contribution in [0.3, 0.4) is 0 Å². The van der Waals surface area contributed by atoms with Crippen LogP contribution >= 0.6 is 0 Å². The molecule has 7 atom stereocenters. The van der Waals surface area contributed by atoms with Crippen LogP contribution < -0.4 is 0 Å². The highest BCUT2D eigenvalue weighted by Crippen LogP contribution is 2.43. The summed E-state index contributed by atoms with van der Waals surface area (Å²) < 4.78 is 11.4. The summed E-state index contributed by atoms with van der Waals surface area (Å²) in [6, 6.07) is 0. The highest BCUT2D eigenvalue weighted by molar-refractivity contribution is 4.93. The number of rotatable bonds is 11. The van der Waals surface area contributed by atoms with Crippen molar-refractivity contribution in [2.45, 2.75) is 136 Å². The SMILES string of the molecule is CC.CCC(CCCCCC1CCOC(C)C1)CCC(C)C1CCC2OC2C1. The number of hydrogen-bond acceptors (Lipinski definition) is 2. The smallest absolute Gasteiger partial charge is 0.0844 e. The Kier molecular flexibility index (Phi) is 11.5. The Morgan fingerprint density at radius 2 is 1.71 bits per heavy atom. The van der Waals surface area contributed by atoms with E-state index in [0.717, 1.165) is 30.3 Å². The molecule has 0 aromatic heterocycles. The number of unbranched alkanes of at least 4 members (excludes halogenated alkanes) is 2. The van der Waals surface area contributed by atoms with Gasteiger partial charge in [-0.15, -0.1) is 0 Å². The summed E-state index contributed by atoms with van der Waals surface area (Å²) in [5.41, 5.74) is 0. The predicted octanol–water partition coefficient (Wildman–Crippen LogP) is 7.79. The zero-order valence-electron chi connectivity index (χ0n) is 19.8. The van der Waals surface area contributed by atoms with E-state index in [-0.39, 0.29) is 0 Å². The van der Waals surface area contributed by atoms with Crippen LogP contribution in [-0.4, -0.2) is 24.9 Å². The van der Waals surface area contributed by atoms with Crippen LogP contribution in [-0.2, 0) is 9.47 Å². The van der Waals surface area contributed by atoms with Gasteiger partial charge in [0.15, 0.2) is 0 Å². The van der Waals surface area contributed by atoms with Gasteiger partial charge >= 0.3 is 0 Å². The maximum atomic E-state index is 5.72. The minimum absolute atomic E-state index is 0.502. The molecule has 28 heavy (non-hydrogen) atoms. The first-order valence-corrected chi connectivity index (χ1v) is 12.9. The molecule has 0 bridgehead atoms. The number of hydrogen-bond donors (Lipinski definition) is 0. The third-order valence-corrected chi connectivity index (χ3v) is 7.78.